The maximum Gasteiger partial charge on any atom is 0.0286 e. The van der Waals surface area contributed by atoms with Gasteiger partial charge in [0.2, 0.25) is 0 Å². The largest absolute Gasteiger partial charge is 0.310 e. The highest BCUT2D eigenvalue weighted by atomic mass is 31.1. The average Bonchev–Trinajstić information content (AvgIpc) is 2.86. The van der Waals surface area contributed by atoms with Crippen molar-refractivity contribution in [3.63, 3.8) is 0 Å². The number of benzene rings is 1. The van der Waals surface area contributed by atoms with Crippen LogP contribution < -0.4 is 10.6 Å². The first-order valence-electron chi connectivity index (χ1n) is 15.5. The van der Waals surface area contributed by atoms with Crippen LogP contribution >= 0.6 is 16.5 Å². The summed E-state index contributed by atoms with van der Waals surface area (Å²) >= 11 is 0. The van der Waals surface area contributed by atoms with Crippen molar-refractivity contribution in [1.29, 1.82) is 0 Å². The van der Waals surface area contributed by atoms with Gasteiger partial charge < -0.3 is 10.6 Å². The van der Waals surface area contributed by atoms with Crippen molar-refractivity contribution in [2.24, 2.45) is 23.2 Å². The zero-order chi connectivity index (χ0) is 24.8. The van der Waals surface area contributed by atoms with E-state index in [1.807, 2.05) is 0 Å². The molecule has 36 heavy (non-hydrogen) atoms. The van der Waals surface area contributed by atoms with Crippen molar-refractivity contribution in [3.8, 4) is 0 Å². The molecule has 2 saturated heterocycles. The van der Waals surface area contributed by atoms with Crippen molar-refractivity contribution >= 4 is 16.5 Å². The van der Waals surface area contributed by atoms with Gasteiger partial charge in [-0.05, 0) is 123 Å². The first-order valence-corrected chi connectivity index (χ1v) is 18.2. The van der Waals surface area contributed by atoms with Gasteiger partial charge in [0.15, 0.2) is 0 Å². The SMILES string of the molecule is CC(C)(C)PC(c1ccccc1CP(C1CCCCN1)C1CCCCN1)C12CC3CC(CC(C3)C1)C2. The molecule has 2 heterocycles. The smallest absolute Gasteiger partial charge is 0.0286 e. The quantitative estimate of drug-likeness (QED) is 0.348. The molecule has 6 aliphatic rings. The highest BCUT2D eigenvalue weighted by molar-refractivity contribution is 7.58. The maximum atomic E-state index is 4.02. The van der Waals surface area contributed by atoms with Crippen molar-refractivity contribution < 1.29 is 0 Å². The molecule has 6 fully saturated rings. The Kier molecular flexibility index (Phi) is 7.92. The maximum absolute atomic E-state index is 4.02. The van der Waals surface area contributed by atoms with Gasteiger partial charge >= 0.3 is 0 Å². The molecule has 2 aliphatic heterocycles. The minimum absolute atomic E-state index is 0.0997. The third-order valence-electron chi connectivity index (χ3n) is 10.4. The van der Waals surface area contributed by atoms with Crippen LogP contribution in [0.5, 0.6) is 0 Å². The molecule has 200 valence electrons. The third kappa shape index (κ3) is 5.64. The number of rotatable bonds is 7. The molecule has 1 aromatic rings. The molecule has 0 radical (unpaired) electrons. The van der Waals surface area contributed by atoms with E-state index in [1.54, 1.807) is 30.4 Å². The lowest BCUT2D eigenvalue weighted by atomic mass is 9.48. The highest BCUT2D eigenvalue weighted by Crippen LogP contribution is 2.70. The second kappa shape index (κ2) is 10.9. The molecule has 1 aromatic carbocycles. The third-order valence-corrected chi connectivity index (χ3v) is 15.6. The van der Waals surface area contributed by atoms with Crippen LogP contribution in [0.15, 0.2) is 24.3 Å². The fourth-order valence-corrected chi connectivity index (χ4v) is 14.6. The van der Waals surface area contributed by atoms with E-state index in [9.17, 15) is 0 Å². The first-order chi connectivity index (χ1) is 17.4. The number of piperidine rings is 2. The van der Waals surface area contributed by atoms with E-state index < -0.39 is 0 Å². The van der Waals surface area contributed by atoms with Crippen molar-refractivity contribution in [1.82, 2.24) is 10.6 Å². The predicted molar refractivity (Wildman–Crippen MR) is 160 cm³/mol. The Morgan fingerprint density at radius 2 is 1.42 bits per heavy atom. The summed E-state index contributed by atoms with van der Waals surface area (Å²) in [5.41, 5.74) is 4.89. The Morgan fingerprint density at radius 3 is 1.92 bits per heavy atom. The van der Waals surface area contributed by atoms with E-state index in [-0.39, 0.29) is 7.92 Å². The normalized spacial score (nSPS) is 38.5. The predicted octanol–water partition coefficient (Wildman–Crippen LogP) is 8.60. The van der Waals surface area contributed by atoms with Gasteiger partial charge in [-0.2, -0.15) is 0 Å². The lowest BCUT2D eigenvalue weighted by molar-refractivity contribution is -0.0548. The van der Waals surface area contributed by atoms with Gasteiger partial charge in [0.25, 0.3) is 0 Å². The van der Waals surface area contributed by atoms with E-state index in [2.05, 4.69) is 55.7 Å². The van der Waals surface area contributed by atoms with Gasteiger partial charge in [0.05, 0.1) is 0 Å². The van der Waals surface area contributed by atoms with Crippen LogP contribution in [-0.4, -0.2) is 29.8 Å². The topological polar surface area (TPSA) is 24.1 Å². The van der Waals surface area contributed by atoms with Crippen LogP contribution in [0.1, 0.15) is 115 Å². The summed E-state index contributed by atoms with van der Waals surface area (Å²) in [6.45, 7) is 10.0. The van der Waals surface area contributed by atoms with Crippen LogP contribution in [0, 0.1) is 23.2 Å². The number of nitrogens with one attached hydrogen (secondary N) is 2. The molecule has 2 N–H and O–H groups in total. The molecular formula is C32H52N2P2. The Hall–Kier alpha value is -0.0000000000000000416. The molecule has 0 aromatic heterocycles. The van der Waals surface area contributed by atoms with E-state index in [0.29, 0.717) is 10.6 Å². The number of hydrogen-bond acceptors (Lipinski definition) is 2. The lowest BCUT2D eigenvalue weighted by Crippen LogP contribution is -2.48. The lowest BCUT2D eigenvalue weighted by Gasteiger charge is -2.60. The Bertz CT molecular complexity index is 827. The van der Waals surface area contributed by atoms with E-state index in [1.165, 1.54) is 77.0 Å². The molecular weight excluding hydrogens is 474 g/mol. The fourth-order valence-electron chi connectivity index (χ4n) is 9.35. The molecule has 4 atom stereocenters. The van der Waals surface area contributed by atoms with E-state index in [4.69, 9.17) is 0 Å². The molecule has 4 unspecified atom stereocenters. The van der Waals surface area contributed by atoms with E-state index in [0.717, 1.165) is 43.6 Å². The first kappa shape index (κ1) is 26.2. The molecule has 4 aliphatic carbocycles. The van der Waals surface area contributed by atoms with Crippen LogP contribution in [0.2, 0.25) is 0 Å². The molecule has 7 rings (SSSR count). The number of hydrogen-bond donors (Lipinski definition) is 2. The standard InChI is InChI=1S/C32H52N2P2/c1-31(2,3)35-30(32-19-23-16-24(20-32)18-25(17-23)21-32)27-11-5-4-10-26(27)22-36(28-12-6-8-14-33-28)29-13-7-9-15-34-29/h4-5,10-11,23-25,28-30,33-35H,6-9,12-22H2,1-3H3. The molecule has 4 bridgehead atoms. The monoisotopic (exact) mass is 526 g/mol. The summed E-state index contributed by atoms with van der Waals surface area (Å²) in [6.07, 6.45) is 19.0. The van der Waals surface area contributed by atoms with Crippen molar-refractivity contribution in [2.75, 3.05) is 13.1 Å². The Labute approximate surface area is 224 Å². The van der Waals surface area contributed by atoms with Crippen LogP contribution in [0.4, 0.5) is 0 Å². The molecule has 4 saturated carbocycles. The highest BCUT2D eigenvalue weighted by Gasteiger charge is 2.55. The fraction of sp³-hybridized carbons (Fsp3) is 0.812. The summed E-state index contributed by atoms with van der Waals surface area (Å²) < 4.78 is 0. The second-order valence-corrected chi connectivity index (χ2v) is 19.4. The van der Waals surface area contributed by atoms with Gasteiger partial charge in [0, 0.05) is 17.2 Å². The molecule has 4 heteroatoms. The summed E-state index contributed by atoms with van der Waals surface area (Å²) in [4.78, 5) is 0. The molecule has 0 spiro atoms. The van der Waals surface area contributed by atoms with Crippen LogP contribution in [0.3, 0.4) is 0 Å². The zero-order valence-corrected chi connectivity index (χ0v) is 25.2. The minimum atomic E-state index is -0.0997. The van der Waals surface area contributed by atoms with Gasteiger partial charge in [-0.25, -0.2) is 0 Å². The summed E-state index contributed by atoms with van der Waals surface area (Å²) in [6, 6.07) is 9.93. The molecule has 2 nitrogen and oxygen atoms in total. The van der Waals surface area contributed by atoms with Gasteiger partial charge in [-0.3, -0.25) is 0 Å². The average molecular weight is 527 g/mol. The van der Waals surface area contributed by atoms with Gasteiger partial charge in [-0.15, -0.1) is 8.58 Å². The van der Waals surface area contributed by atoms with Crippen LogP contribution in [-0.2, 0) is 6.16 Å². The Balaban J connectivity index is 1.34. The minimum Gasteiger partial charge on any atom is -0.310 e. The summed E-state index contributed by atoms with van der Waals surface area (Å²) in [5.74, 6) is 4.60. The summed E-state index contributed by atoms with van der Waals surface area (Å²) in [5, 5.41) is 8.45. The van der Waals surface area contributed by atoms with E-state index >= 15 is 0 Å². The van der Waals surface area contributed by atoms with Crippen molar-refractivity contribution in [3.05, 3.63) is 35.4 Å². The second-order valence-electron chi connectivity index (χ2n) is 14.4. The Morgan fingerprint density at radius 1 is 0.861 bits per heavy atom. The summed E-state index contributed by atoms with van der Waals surface area (Å²) in [7, 11) is 0.935. The molecule has 0 amide bonds. The van der Waals surface area contributed by atoms with Gasteiger partial charge in [0.1, 0.15) is 0 Å². The van der Waals surface area contributed by atoms with Crippen LogP contribution in [0.25, 0.3) is 0 Å². The van der Waals surface area contributed by atoms with Gasteiger partial charge in [-0.1, -0.05) is 65.8 Å². The van der Waals surface area contributed by atoms with Crippen molar-refractivity contribution in [2.45, 2.75) is 126 Å². The zero-order valence-electron chi connectivity index (χ0n) is 23.3.